The van der Waals surface area contributed by atoms with E-state index in [-0.39, 0.29) is 23.1 Å². The third-order valence-corrected chi connectivity index (χ3v) is 5.09. The van der Waals surface area contributed by atoms with E-state index in [2.05, 4.69) is 10.0 Å². The molecule has 0 radical (unpaired) electrons. The Balaban J connectivity index is 1.95. The molecule has 0 aliphatic heterocycles. The smallest absolute Gasteiger partial charge is 0.256 e. The number of hydrogen-bond acceptors (Lipinski definition) is 4. The van der Waals surface area contributed by atoms with Crippen molar-refractivity contribution in [3.63, 3.8) is 0 Å². The number of nitrogens with zero attached hydrogens (tertiary/aromatic N) is 1. The maximum atomic E-state index is 13.2. The molecule has 30 heavy (non-hydrogen) atoms. The molecule has 3 rings (SSSR count). The molecule has 8 heteroatoms. The minimum Gasteiger partial charge on any atom is -0.337 e. The summed E-state index contributed by atoms with van der Waals surface area (Å²) in [6.45, 7) is 1.69. The number of rotatable bonds is 6. The molecule has 3 aromatic carbocycles. The van der Waals surface area contributed by atoms with Gasteiger partial charge in [-0.15, -0.1) is 0 Å². The van der Waals surface area contributed by atoms with Gasteiger partial charge in [0, 0.05) is 26.2 Å². The molecule has 3 aromatic rings. The quantitative estimate of drug-likeness (QED) is 0.632. The number of nitrogens with one attached hydrogen (secondary N) is 2. The fourth-order valence-corrected chi connectivity index (χ4v) is 3.83. The van der Waals surface area contributed by atoms with Crippen molar-refractivity contribution < 1.29 is 18.0 Å². The van der Waals surface area contributed by atoms with E-state index in [1.54, 1.807) is 7.05 Å². The fourth-order valence-electron chi connectivity index (χ4n) is 3.25. The van der Waals surface area contributed by atoms with Crippen LogP contribution in [0.4, 0.5) is 11.4 Å². The van der Waals surface area contributed by atoms with Crippen LogP contribution in [-0.4, -0.2) is 38.4 Å². The van der Waals surface area contributed by atoms with Crippen LogP contribution in [0.15, 0.2) is 60.7 Å². The number of hydrogen-bond donors (Lipinski definition) is 2. The number of sulfonamides is 1. The largest absolute Gasteiger partial charge is 0.337 e. The number of carbonyl (C=O) groups is 2. The maximum Gasteiger partial charge on any atom is 0.256 e. The lowest BCUT2D eigenvalue weighted by molar-refractivity contribution is -0.114. The van der Waals surface area contributed by atoms with E-state index >= 15 is 0 Å². The third kappa shape index (κ3) is 5.15. The minimum atomic E-state index is -3.59. The molecule has 0 heterocycles. The van der Waals surface area contributed by atoms with Crippen molar-refractivity contribution in [2.45, 2.75) is 13.5 Å². The predicted molar refractivity (Wildman–Crippen MR) is 119 cm³/mol. The van der Waals surface area contributed by atoms with Crippen LogP contribution < -0.4 is 10.0 Å². The number of anilines is 2. The van der Waals surface area contributed by atoms with E-state index in [1.807, 2.05) is 42.5 Å². The number of benzene rings is 3. The molecular formula is C22H23N3O4S. The van der Waals surface area contributed by atoms with Gasteiger partial charge in [0.2, 0.25) is 15.9 Å². The molecule has 7 nitrogen and oxygen atoms in total. The Hall–Kier alpha value is -3.39. The lowest BCUT2D eigenvalue weighted by Crippen LogP contribution is -2.28. The van der Waals surface area contributed by atoms with Gasteiger partial charge in [-0.1, -0.05) is 42.5 Å². The molecule has 0 spiro atoms. The number of amides is 2. The summed E-state index contributed by atoms with van der Waals surface area (Å²) in [6, 6.07) is 18.3. The molecule has 2 amide bonds. The molecule has 0 bridgehead atoms. The van der Waals surface area contributed by atoms with Crippen molar-refractivity contribution >= 4 is 44.0 Å². The second-order valence-corrected chi connectivity index (χ2v) is 8.86. The molecule has 0 aromatic heterocycles. The van der Waals surface area contributed by atoms with Crippen LogP contribution in [0.5, 0.6) is 0 Å². The first-order valence-electron chi connectivity index (χ1n) is 9.25. The Morgan fingerprint density at radius 1 is 1.00 bits per heavy atom. The first kappa shape index (κ1) is 21.3. The summed E-state index contributed by atoms with van der Waals surface area (Å²) in [5.41, 5.74) is 1.68. The van der Waals surface area contributed by atoms with Crippen molar-refractivity contribution in [1.82, 2.24) is 4.90 Å². The standard InChI is InChI=1S/C22H23N3O4S/c1-15(26)23-18-11-12-21(24-30(3,28)29)20(13-18)22(27)25(2)14-17-9-6-8-16-7-4-5-10-19(16)17/h4-13,24H,14H2,1-3H3,(H,23,26). The van der Waals surface area contributed by atoms with E-state index < -0.39 is 10.0 Å². The minimum absolute atomic E-state index is 0.148. The van der Waals surface area contributed by atoms with Gasteiger partial charge in [0.05, 0.1) is 17.5 Å². The molecule has 0 aliphatic rings. The Kier molecular flexibility index (Phi) is 6.07. The Labute approximate surface area is 175 Å². The van der Waals surface area contributed by atoms with Gasteiger partial charge in [-0.25, -0.2) is 8.42 Å². The zero-order valence-corrected chi connectivity index (χ0v) is 17.8. The van der Waals surface area contributed by atoms with Crippen molar-refractivity contribution in [2.75, 3.05) is 23.3 Å². The van der Waals surface area contributed by atoms with Gasteiger partial charge < -0.3 is 10.2 Å². The highest BCUT2D eigenvalue weighted by molar-refractivity contribution is 7.92. The lowest BCUT2D eigenvalue weighted by Gasteiger charge is -2.21. The summed E-state index contributed by atoms with van der Waals surface area (Å²) in [4.78, 5) is 26.1. The second kappa shape index (κ2) is 8.54. The third-order valence-electron chi connectivity index (χ3n) is 4.50. The van der Waals surface area contributed by atoms with Crippen LogP contribution in [0, 0.1) is 0 Å². The van der Waals surface area contributed by atoms with E-state index in [1.165, 1.54) is 30.0 Å². The van der Waals surface area contributed by atoms with Crippen molar-refractivity contribution in [1.29, 1.82) is 0 Å². The van der Waals surface area contributed by atoms with Gasteiger partial charge >= 0.3 is 0 Å². The van der Waals surface area contributed by atoms with Crippen LogP contribution in [-0.2, 0) is 21.4 Å². The highest BCUT2D eigenvalue weighted by Gasteiger charge is 2.19. The molecule has 0 saturated heterocycles. The molecular weight excluding hydrogens is 402 g/mol. The molecule has 2 N–H and O–H groups in total. The topological polar surface area (TPSA) is 95.6 Å². The molecule has 0 fully saturated rings. The van der Waals surface area contributed by atoms with Crippen LogP contribution in [0.3, 0.4) is 0 Å². The summed E-state index contributed by atoms with van der Waals surface area (Å²) in [5, 5.41) is 4.73. The molecule has 0 unspecified atom stereocenters. The molecule has 156 valence electrons. The van der Waals surface area contributed by atoms with Gasteiger partial charge in [0.1, 0.15) is 0 Å². The summed E-state index contributed by atoms with van der Waals surface area (Å²) in [5.74, 6) is -0.664. The first-order valence-corrected chi connectivity index (χ1v) is 11.1. The SMILES string of the molecule is CC(=O)Nc1ccc(NS(C)(=O)=O)c(C(=O)N(C)Cc2cccc3ccccc23)c1. The highest BCUT2D eigenvalue weighted by Crippen LogP contribution is 2.25. The maximum absolute atomic E-state index is 13.2. The lowest BCUT2D eigenvalue weighted by atomic mass is 10.0. The summed E-state index contributed by atoms with van der Waals surface area (Å²) in [6.07, 6.45) is 1.02. The predicted octanol–water partition coefficient (Wildman–Crippen LogP) is 3.44. The normalized spacial score (nSPS) is 11.2. The van der Waals surface area contributed by atoms with Gasteiger partial charge in [0.15, 0.2) is 0 Å². The van der Waals surface area contributed by atoms with Crippen LogP contribution >= 0.6 is 0 Å². The molecule has 0 aliphatic carbocycles. The molecule has 0 saturated carbocycles. The summed E-state index contributed by atoms with van der Waals surface area (Å²) < 4.78 is 25.9. The average Bonchev–Trinajstić information content (AvgIpc) is 2.67. The zero-order valence-electron chi connectivity index (χ0n) is 17.0. The number of fused-ring (bicyclic) bond motifs is 1. The Bertz CT molecular complexity index is 1220. The fraction of sp³-hybridized carbons (Fsp3) is 0.182. The average molecular weight is 426 g/mol. The highest BCUT2D eigenvalue weighted by atomic mass is 32.2. The van der Waals surface area contributed by atoms with Crippen LogP contribution in [0.2, 0.25) is 0 Å². The van der Waals surface area contributed by atoms with Gasteiger partial charge in [-0.05, 0) is 34.5 Å². The van der Waals surface area contributed by atoms with Crippen molar-refractivity contribution in [3.8, 4) is 0 Å². The monoisotopic (exact) mass is 425 g/mol. The van der Waals surface area contributed by atoms with E-state index in [4.69, 9.17) is 0 Å². The van der Waals surface area contributed by atoms with Gasteiger partial charge in [-0.3, -0.25) is 14.3 Å². The first-order chi connectivity index (χ1) is 14.1. The van der Waals surface area contributed by atoms with E-state index in [9.17, 15) is 18.0 Å². The second-order valence-electron chi connectivity index (χ2n) is 7.12. The van der Waals surface area contributed by atoms with Crippen molar-refractivity contribution in [3.05, 3.63) is 71.8 Å². The van der Waals surface area contributed by atoms with E-state index in [0.29, 0.717) is 12.2 Å². The Morgan fingerprint density at radius 2 is 1.70 bits per heavy atom. The molecule has 0 atom stereocenters. The zero-order chi connectivity index (χ0) is 21.9. The van der Waals surface area contributed by atoms with Gasteiger partial charge in [0.25, 0.3) is 5.91 Å². The van der Waals surface area contributed by atoms with Crippen LogP contribution in [0.25, 0.3) is 10.8 Å². The number of carbonyl (C=O) groups excluding carboxylic acids is 2. The summed E-state index contributed by atoms with van der Waals surface area (Å²) in [7, 11) is -1.94. The Morgan fingerprint density at radius 3 is 2.40 bits per heavy atom. The van der Waals surface area contributed by atoms with Crippen molar-refractivity contribution in [2.24, 2.45) is 0 Å². The summed E-state index contributed by atoms with van der Waals surface area (Å²) >= 11 is 0. The van der Waals surface area contributed by atoms with Crippen LogP contribution in [0.1, 0.15) is 22.8 Å². The van der Waals surface area contributed by atoms with E-state index in [0.717, 1.165) is 22.6 Å². The van der Waals surface area contributed by atoms with Gasteiger partial charge in [-0.2, -0.15) is 0 Å².